The predicted octanol–water partition coefficient (Wildman–Crippen LogP) is 5.19. The van der Waals surface area contributed by atoms with E-state index in [1.54, 1.807) is 13.8 Å². The topological polar surface area (TPSA) is 124 Å². The van der Waals surface area contributed by atoms with Crippen molar-refractivity contribution in [3.8, 4) is 0 Å². The summed E-state index contributed by atoms with van der Waals surface area (Å²) in [4.78, 5) is 32.7. The summed E-state index contributed by atoms with van der Waals surface area (Å²) in [7, 11) is 0. The number of hydrogen-bond donors (Lipinski definition) is 4. The first-order chi connectivity index (χ1) is 16.3. The summed E-state index contributed by atoms with van der Waals surface area (Å²) in [5.74, 6) is 0.380. The second-order valence-corrected chi connectivity index (χ2v) is 11.0. The van der Waals surface area contributed by atoms with Crippen molar-refractivity contribution < 1.29 is 29.7 Å². The lowest BCUT2D eigenvalue weighted by Gasteiger charge is -2.38. The highest BCUT2D eigenvalue weighted by Gasteiger charge is 2.33. The Hall–Kier alpha value is -2.15. The molecule has 2 aliphatic rings. The van der Waals surface area contributed by atoms with Gasteiger partial charge in [0.05, 0.1) is 11.5 Å². The Kier molecular flexibility index (Phi) is 12.7. The number of amides is 1. The number of carbonyl (C=O) groups is 3. The van der Waals surface area contributed by atoms with E-state index in [4.69, 9.17) is 10.2 Å². The van der Waals surface area contributed by atoms with Gasteiger partial charge in [0.2, 0.25) is 5.91 Å². The fraction of sp³-hybridized carbons (Fsp3) is 0.750. The molecule has 1 amide bonds. The van der Waals surface area contributed by atoms with Crippen LogP contribution in [0, 0.1) is 29.1 Å². The van der Waals surface area contributed by atoms with Crippen molar-refractivity contribution >= 4 is 17.8 Å². The summed E-state index contributed by atoms with van der Waals surface area (Å²) in [6.45, 7) is 11.3. The maximum Gasteiger partial charge on any atom is 0.325 e. The second kappa shape index (κ2) is 14.4. The number of rotatable bonds is 11. The number of carbonyl (C=O) groups excluding carboxylic acids is 1. The van der Waals surface area contributed by atoms with E-state index in [1.807, 2.05) is 6.92 Å². The molecule has 35 heavy (non-hydrogen) atoms. The number of fused-ring (bicyclic) bond motifs is 1. The maximum absolute atomic E-state index is 11.7. The summed E-state index contributed by atoms with van der Waals surface area (Å²) in [5, 5.41) is 30.0. The van der Waals surface area contributed by atoms with E-state index in [9.17, 15) is 19.5 Å². The molecule has 2 aliphatic carbocycles. The molecule has 0 fully saturated rings. The largest absolute Gasteiger partial charge is 0.481 e. The van der Waals surface area contributed by atoms with Crippen molar-refractivity contribution in [3.05, 3.63) is 23.8 Å². The highest BCUT2D eigenvalue weighted by atomic mass is 16.4. The zero-order chi connectivity index (χ0) is 26.8. The molecule has 4 N–H and O–H groups in total. The Labute approximate surface area is 211 Å². The van der Waals surface area contributed by atoms with Crippen LogP contribution in [0.5, 0.6) is 0 Å². The Morgan fingerprint density at radius 2 is 1.80 bits per heavy atom. The standard InChI is InChI=1S/C22H35NO4.C6H12O2/c1-14-7-11-20-17(13-14)9-8-15(2)19(20)12-10-18(24)5-4-6-21(25)23-16(3)22(26)27;1-4-6(2,3)5(7)8/h8-9,13-16,18-20,24H,4-7,10-12H2,1-3H3,(H,23,25)(H,26,27);4H2,1-3H3,(H,7,8)/t14-,15?,16+,18?,19?,20?;/m1./s1. The van der Waals surface area contributed by atoms with Gasteiger partial charge in [-0.15, -0.1) is 0 Å². The molecule has 0 spiro atoms. The average molecular weight is 494 g/mol. The van der Waals surface area contributed by atoms with Crippen molar-refractivity contribution in [1.82, 2.24) is 5.32 Å². The molecule has 0 bridgehead atoms. The first-order valence-electron chi connectivity index (χ1n) is 13.1. The van der Waals surface area contributed by atoms with E-state index >= 15 is 0 Å². The number of nitrogens with one attached hydrogen (secondary N) is 1. The smallest absolute Gasteiger partial charge is 0.325 e. The van der Waals surface area contributed by atoms with Crippen LogP contribution in [-0.2, 0) is 14.4 Å². The molecule has 0 aliphatic heterocycles. The molecule has 2 rings (SSSR count). The Morgan fingerprint density at radius 3 is 2.34 bits per heavy atom. The molecule has 0 aromatic heterocycles. The highest BCUT2D eigenvalue weighted by Crippen LogP contribution is 2.43. The van der Waals surface area contributed by atoms with Gasteiger partial charge in [0.25, 0.3) is 0 Å². The number of carboxylic acid groups (broad SMARTS) is 2. The molecule has 4 unspecified atom stereocenters. The summed E-state index contributed by atoms with van der Waals surface area (Å²) in [6.07, 6.45) is 13.0. The van der Waals surface area contributed by atoms with E-state index in [0.717, 1.165) is 12.8 Å². The van der Waals surface area contributed by atoms with Crippen molar-refractivity contribution in [3.63, 3.8) is 0 Å². The van der Waals surface area contributed by atoms with Gasteiger partial charge in [-0.1, -0.05) is 39.0 Å². The normalized spacial score (nSPS) is 25.3. The lowest BCUT2D eigenvalue weighted by molar-refractivity contribution is -0.147. The van der Waals surface area contributed by atoms with E-state index in [1.165, 1.54) is 25.3 Å². The minimum Gasteiger partial charge on any atom is -0.481 e. The summed E-state index contributed by atoms with van der Waals surface area (Å²) in [6, 6.07) is -0.872. The van der Waals surface area contributed by atoms with Crippen LogP contribution in [0.3, 0.4) is 0 Å². The van der Waals surface area contributed by atoms with Gasteiger partial charge in [0.15, 0.2) is 0 Å². The van der Waals surface area contributed by atoms with Crippen LogP contribution >= 0.6 is 0 Å². The highest BCUT2D eigenvalue weighted by molar-refractivity contribution is 5.83. The van der Waals surface area contributed by atoms with Gasteiger partial charge in [-0.2, -0.15) is 0 Å². The Morgan fingerprint density at radius 1 is 1.14 bits per heavy atom. The predicted molar refractivity (Wildman–Crippen MR) is 138 cm³/mol. The van der Waals surface area contributed by atoms with Crippen LogP contribution in [0.1, 0.15) is 92.9 Å². The average Bonchev–Trinajstić information content (AvgIpc) is 2.78. The molecule has 0 heterocycles. The molecule has 6 atom stereocenters. The Balaban J connectivity index is 0.000000658. The molecule has 0 aromatic rings. The van der Waals surface area contributed by atoms with Crippen LogP contribution < -0.4 is 5.32 Å². The fourth-order valence-electron chi connectivity index (χ4n) is 4.58. The third kappa shape index (κ3) is 10.6. The van der Waals surface area contributed by atoms with Crippen LogP contribution in [0.2, 0.25) is 0 Å². The molecule has 0 saturated carbocycles. The third-order valence-corrected chi connectivity index (χ3v) is 7.61. The summed E-state index contributed by atoms with van der Waals surface area (Å²) < 4.78 is 0. The van der Waals surface area contributed by atoms with Gasteiger partial charge in [-0.3, -0.25) is 14.4 Å². The van der Waals surface area contributed by atoms with E-state index in [0.29, 0.717) is 42.9 Å². The van der Waals surface area contributed by atoms with E-state index < -0.39 is 29.5 Å². The molecular formula is C28H47NO6. The minimum absolute atomic E-state index is 0.255. The number of carboxylic acids is 2. The SMILES string of the molecule is CC1C=CC2=C[C@H](C)CCC2C1CCC(O)CCCC(=O)N[C@@H](C)C(=O)O.CCC(C)(C)C(=O)O. The molecule has 7 nitrogen and oxygen atoms in total. The van der Waals surface area contributed by atoms with E-state index in [-0.39, 0.29) is 12.3 Å². The van der Waals surface area contributed by atoms with Gasteiger partial charge in [-0.05, 0) is 95.0 Å². The van der Waals surface area contributed by atoms with Crippen molar-refractivity contribution in [2.75, 3.05) is 0 Å². The van der Waals surface area contributed by atoms with Gasteiger partial charge >= 0.3 is 11.9 Å². The van der Waals surface area contributed by atoms with E-state index in [2.05, 4.69) is 37.4 Å². The molecule has 0 saturated heterocycles. The van der Waals surface area contributed by atoms with Crippen molar-refractivity contribution in [1.29, 1.82) is 0 Å². The maximum atomic E-state index is 11.7. The first kappa shape index (κ1) is 30.9. The zero-order valence-electron chi connectivity index (χ0n) is 22.4. The molecular weight excluding hydrogens is 446 g/mol. The number of aliphatic hydroxyl groups is 1. The molecule has 0 radical (unpaired) electrons. The lowest BCUT2D eigenvalue weighted by atomic mass is 9.66. The van der Waals surface area contributed by atoms with Gasteiger partial charge < -0.3 is 20.6 Å². The van der Waals surface area contributed by atoms with Gasteiger partial charge in [0, 0.05) is 6.42 Å². The quantitative estimate of drug-likeness (QED) is 0.314. The number of hydrogen-bond acceptors (Lipinski definition) is 4. The lowest BCUT2D eigenvalue weighted by Crippen LogP contribution is -2.38. The Bertz CT molecular complexity index is 771. The van der Waals surface area contributed by atoms with Crippen LogP contribution in [-0.4, -0.2) is 45.3 Å². The zero-order valence-corrected chi connectivity index (χ0v) is 22.4. The summed E-state index contributed by atoms with van der Waals surface area (Å²) >= 11 is 0. The molecule has 7 heteroatoms. The van der Waals surface area contributed by atoms with Gasteiger partial charge in [0.1, 0.15) is 6.04 Å². The van der Waals surface area contributed by atoms with Crippen LogP contribution in [0.25, 0.3) is 0 Å². The monoisotopic (exact) mass is 493 g/mol. The van der Waals surface area contributed by atoms with Gasteiger partial charge in [-0.25, -0.2) is 0 Å². The molecule has 200 valence electrons. The first-order valence-corrected chi connectivity index (χ1v) is 13.1. The number of aliphatic carboxylic acids is 2. The van der Waals surface area contributed by atoms with Crippen LogP contribution in [0.15, 0.2) is 23.8 Å². The number of aliphatic hydroxyl groups excluding tert-OH is 1. The third-order valence-electron chi connectivity index (χ3n) is 7.61. The van der Waals surface area contributed by atoms with Crippen molar-refractivity contribution in [2.24, 2.45) is 29.1 Å². The minimum atomic E-state index is -1.04. The second-order valence-electron chi connectivity index (χ2n) is 11.0. The summed E-state index contributed by atoms with van der Waals surface area (Å²) in [5.41, 5.74) is 0.940. The van der Waals surface area contributed by atoms with Crippen molar-refractivity contribution in [2.45, 2.75) is 105 Å². The van der Waals surface area contributed by atoms with Crippen LogP contribution in [0.4, 0.5) is 0 Å². The molecule has 0 aromatic carbocycles. The number of allylic oxidation sites excluding steroid dienone is 4. The fourth-order valence-corrected chi connectivity index (χ4v) is 4.58.